The quantitative estimate of drug-likeness (QED) is 0.0210. The summed E-state index contributed by atoms with van der Waals surface area (Å²) in [6.07, 6.45) is -9.15. The number of aliphatic imine (C=N–C) groups is 1. The third kappa shape index (κ3) is 17.9. The van der Waals surface area contributed by atoms with Crippen LogP contribution in [0, 0.1) is 17.8 Å². The molecule has 0 aliphatic carbocycles. The average molecular weight is 1020 g/mol. The number of amides is 9. The number of cyclic esters (lactones) is 1. The van der Waals surface area contributed by atoms with Gasteiger partial charge in [-0.3, -0.25) is 48.1 Å². The van der Waals surface area contributed by atoms with E-state index in [0.29, 0.717) is 0 Å². The number of nitrogens with zero attached hydrogens (tertiary/aromatic N) is 1. The van der Waals surface area contributed by atoms with Crippen molar-refractivity contribution in [3.8, 4) is 5.75 Å². The molecular formula is C44H71N13O15. The molecule has 1 aromatic carbocycles. The smallest absolute Gasteiger partial charge is 0.329 e. The van der Waals surface area contributed by atoms with Gasteiger partial charge in [0, 0.05) is 6.54 Å². The molecular weight excluding hydrogens is 951 g/mol. The first-order valence-electron chi connectivity index (χ1n) is 23.1. The van der Waals surface area contributed by atoms with E-state index < -0.39 is 144 Å². The number of esters is 1. The number of guanidine groups is 1. The molecule has 72 heavy (non-hydrogen) atoms. The number of hydrogen-bond acceptors (Lipinski definition) is 17. The molecule has 2 rings (SSSR count). The molecule has 13 atom stereocenters. The van der Waals surface area contributed by atoms with Gasteiger partial charge in [-0.2, -0.15) is 0 Å². The van der Waals surface area contributed by atoms with Gasteiger partial charge < -0.3 is 91.0 Å². The molecule has 13 unspecified atom stereocenters. The molecule has 21 N–H and O–H groups in total. The fraction of sp³-hybridized carbons (Fsp3) is 0.614. The van der Waals surface area contributed by atoms with Crippen molar-refractivity contribution >= 4 is 65.1 Å². The summed E-state index contributed by atoms with van der Waals surface area (Å²) < 4.78 is 5.45. The Bertz CT molecular complexity index is 2140. The molecule has 1 fully saturated rings. The summed E-state index contributed by atoms with van der Waals surface area (Å²) >= 11 is 0. The SMILES string of the molecule is CCC(C)C1NC(=O)C(C(O)C(C)C)NC(=O)C(C(O)c2ccc(O)cc2)NC(=O)C(NC(=O)C(NC(=O)C(CCCN=C(N)N)NC(=O)C(CC(C)C)NC(=O)C(C)N)C(O)C(N)=O)C(C(N)=O)OC1=O. The van der Waals surface area contributed by atoms with E-state index in [0.717, 1.165) is 24.3 Å². The zero-order valence-electron chi connectivity index (χ0n) is 41.1. The number of phenols is 1. The number of aliphatic hydroxyl groups excluding tert-OH is 3. The van der Waals surface area contributed by atoms with Gasteiger partial charge in [-0.1, -0.05) is 60.1 Å². The molecule has 0 saturated carbocycles. The van der Waals surface area contributed by atoms with Crippen LogP contribution in [0.1, 0.15) is 85.8 Å². The lowest BCUT2D eigenvalue weighted by Crippen LogP contribution is -2.66. The Hall–Kier alpha value is -7.17. The van der Waals surface area contributed by atoms with Crippen LogP contribution in [0.2, 0.25) is 0 Å². The number of benzene rings is 1. The highest BCUT2D eigenvalue weighted by molar-refractivity contribution is 6.02. The minimum atomic E-state index is -2.66. The van der Waals surface area contributed by atoms with Crippen LogP contribution in [-0.4, -0.2) is 159 Å². The molecule has 0 bridgehead atoms. The predicted octanol–water partition coefficient (Wildman–Crippen LogP) is -6.41. The first-order valence-corrected chi connectivity index (χ1v) is 23.1. The Labute approximate surface area is 415 Å². The number of primary amides is 2. The lowest BCUT2D eigenvalue weighted by Gasteiger charge is -2.31. The number of carbonyl (C=O) groups excluding carboxylic acids is 10. The highest BCUT2D eigenvalue weighted by Gasteiger charge is 2.46. The standard InChI is InChI=1S/C44H71N13O15/c1-8-19(6)25-43(71)72-33(35(47)63)29(42(70)56-27(31(60)21-11-13-22(58)14-12-21)40(68)55-26(39(67)53-25)30(59)18(4)5)57-41(69)28(32(61)34(46)62)54-37(65)23(10-9-15-50-44(48)49)51-38(66)24(16-17(2)3)52-36(64)20(7)45/h11-14,17-20,23-33,58-61H,8-10,15-16,45H2,1-7H3,(H2,46,62)(H2,47,63)(H,51,66)(H,52,64)(H,53,67)(H,54,65)(H,55,68)(H,56,70)(H,57,69)(H4,48,49,50). The fourth-order valence-electron chi connectivity index (χ4n) is 7.01. The number of aliphatic hydroxyl groups is 3. The lowest BCUT2D eigenvalue weighted by molar-refractivity contribution is -0.163. The Morgan fingerprint density at radius 2 is 1.28 bits per heavy atom. The molecule has 1 aromatic rings. The number of ether oxygens (including phenoxy) is 1. The van der Waals surface area contributed by atoms with E-state index in [1.807, 2.05) is 5.32 Å². The number of carbonyl (C=O) groups is 10. The normalized spacial score (nSPS) is 22.1. The summed E-state index contributed by atoms with van der Waals surface area (Å²) in [5.74, 6) is -15.8. The van der Waals surface area contributed by atoms with Crippen LogP contribution >= 0.6 is 0 Å². The Morgan fingerprint density at radius 3 is 1.79 bits per heavy atom. The summed E-state index contributed by atoms with van der Waals surface area (Å²) in [5.41, 5.74) is 27.5. The van der Waals surface area contributed by atoms with Crippen LogP contribution in [0.25, 0.3) is 0 Å². The number of aromatic hydroxyl groups is 1. The van der Waals surface area contributed by atoms with Crippen LogP contribution in [0.5, 0.6) is 5.75 Å². The molecule has 28 heteroatoms. The van der Waals surface area contributed by atoms with Crippen LogP contribution < -0.4 is 65.9 Å². The van der Waals surface area contributed by atoms with Crippen molar-refractivity contribution in [3.63, 3.8) is 0 Å². The van der Waals surface area contributed by atoms with Gasteiger partial charge in [0.1, 0.15) is 48.1 Å². The van der Waals surface area contributed by atoms with E-state index in [2.05, 4.69) is 36.9 Å². The largest absolute Gasteiger partial charge is 0.508 e. The second kappa shape index (κ2) is 28.0. The molecule has 402 valence electrons. The van der Waals surface area contributed by atoms with Crippen molar-refractivity contribution in [1.82, 2.24) is 37.2 Å². The van der Waals surface area contributed by atoms with Crippen molar-refractivity contribution in [2.24, 2.45) is 51.4 Å². The maximum atomic E-state index is 14.6. The second-order valence-corrected chi connectivity index (χ2v) is 18.2. The van der Waals surface area contributed by atoms with Crippen LogP contribution in [0.3, 0.4) is 0 Å². The van der Waals surface area contributed by atoms with Crippen molar-refractivity contribution in [2.45, 2.75) is 147 Å². The summed E-state index contributed by atoms with van der Waals surface area (Å²) in [6, 6.07) is -10.4. The van der Waals surface area contributed by atoms with E-state index in [1.54, 1.807) is 20.8 Å². The molecule has 0 spiro atoms. The van der Waals surface area contributed by atoms with Gasteiger partial charge in [-0.15, -0.1) is 0 Å². The molecule has 9 amide bonds. The third-order valence-corrected chi connectivity index (χ3v) is 11.4. The maximum absolute atomic E-state index is 14.6. The lowest BCUT2D eigenvalue weighted by atomic mass is 9.95. The zero-order chi connectivity index (χ0) is 54.9. The van der Waals surface area contributed by atoms with Crippen LogP contribution in [0.15, 0.2) is 29.3 Å². The van der Waals surface area contributed by atoms with Crippen LogP contribution in [-0.2, 0) is 52.7 Å². The van der Waals surface area contributed by atoms with Crippen molar-refractivity contribution in [3.05, 3.63) is 29.8 Å². The van der Waals surface area contributed by atoms with E-state index in [4.69, 9.17) is 33.4 Å². The van der Waals surface area contributed by atoms with Crippen molar-refractivity contribution < 1.29 is 73.1 Å². The van der Waals surface area contributed by atoms with Gasteiger partial charge in [0.25, 0.3) is 5.91 Å². The number of nitrogens with one attached hydrogen (secondary N) is 7. The minimum absolute atomic E-state index is 0.0273. The van der Waals surface area contributed by atoms with Gasteiger partial charge in [0.15, 0.2) is 18.1 Å². The Kier molecular flexibility index (Phi) is 23.7. The summed E-state index contributed by atoms with van der Waals surface area (Å²) in [4.78, 5) is 141. The molecule has 0 aromatic heterocycles. The first kappa shape index (κ1) is 61.0. The highest BCUT2D eigenvalue weighted by atomic mass is 16.6. The maximum Gasteiger partial charge on any atom is 0.329 e. The van der Waals surface area contributed by atoms with Crippen molar-refractivity contribution in [1.29, 1.82) is 0 Å². The van der Waals surface area contributed by atoms with E-state index >= 15 is 0 Å². The number of nitrogens with two attached hydrogens (primary N) is 5. The van der Waals surface area contributed by atoms with Gasteiger partial charge in [-0.05, 0) is 61.6 Å². The Balaban J connectivity index is 2.84. The number of phenolic OH excluding ortho intramolecular Hbond substituents is 1. The zero-order valence-corrected chi connectivity index (χ0v) is 41.1. The fourth-order valence-corrected chi connectivity index (χ4v) is 7.01. The second-order valence-electron chi connectivity index (χ2n) is 18.2. The molecule has 1 aliphatic heterocycles. The van der Waals surface area contributed by atoms with E-state index in [1.165, 1.54) is 27.7 Å². The number of hydrogen-bond donors (Lipinski definition) is 16. The van der Waals surface area contributed by atoms with Crippen LogP contribution in [0.4, 0.5) is 0 Å². The summed E-state index contributed by atoms with van der Waals surface area (Å²) in [5, 5.41) is 59.5. The van der Waals surface area contributed by atoms with Gasteiger partial charge in [0.05, 0.1) is 12.1 Å². The molecule has 28 nitrogen and oxygen atoms in total. The van der Waals surface area contributed by atoms with E-state index in [9.17, 15) is 68.4 Å². The predicted molar refractivity (Wildman–Crippen MR) is 254 cm³/mol. The Morgan fingerprint density at radius 1 is 0.736 bits per heavy atom. The van der Waals surface area contributed by atoms with Gasteiger partial charge in [-0.25, -0.2) is 4.79 Å². The highest BCUT2D eigenvalue weighted by Crippen LogP contribution is 2.22. The molecule has 1 saturated heterocycles. The summed E-state index contributed by atoms with van der Waals surface area (Å²) in [7, 11) is 0. The molecule has 1 heterocycles. The monoisotopic (exact) mass is 1020 g/mol. The topological polar surface area (TPSA) is 488 Å². The third-order valence-electron chi connectivity index (χ3n) is 11.4. The number of rotatable bonds is 23. The van der Waals surface area contributed by atoms with Gasteiger partial charge >= 0.3 is 5.97 Å². The molecule has 0 radical (unpaired) electrons. The molecule has 1 aliphatic rings. The summed E-state index contributed by atoms with van der Waals surface area (Å²) in [6.45, 7) is 10.8. The van der Waals surface area contributed by atoms with E-state index in [-0.39, 0.29) is 55.4 Å². The first-order chi connectivity index (χ1) is 33.5. The average Bonchev–Trinajstić information content (AvgIpc) is 3.30. The van der Waals surface area contributed by atoms with Gasteiger partial charge in [0.2, 0.25) is 53.4 Å². The van der Waals surface area contributed by atoms with Crippen molar-refractivity contribution in [2.75, 3.05) is 6.54 Å². The minimum Gasteiger partial charge on any atom is -0.508 e.